The van der Waals surface area contributed by atoms with E-state index in [4.69, 9.17) is 9.47 Å². The molecule has 0 aliphatic carbocycles. The Hall–Kier alpha value is -4.77. The standard InChI is InChI=1S/C44H50N2O7S/c1-5-6-13-41-38(34-19-17-33(18-20-34)32-11-8-7-9-12-32)27-37(30(2)3)44(53-41)39-26-36(23-24-40(39)52-29-43(48)49)54(50,51)45(4)28-31-15-21-35(22-16-31)46-25-10-14-42(46)47/h7-9,11-12,15-24,26,37-38,41,44H,2,5-6,10,13-14,25,27-29H2,1,3-4H3,(H,48,49)/t37-,38-,41+,44+/m0/s1. The van der Waals surface area contributed by atoms with E-state index in [2.05, 4.69) is 49.9 Å². The molecule has 2 heterocycles. The van der Waals surface area contributed by atoms with E-state index in [0.29, 0.717) is 24.9 Å². The van der Waals surface area contributed by atoms with Gasteiger partial charge in [0.25, 0.3) is 0 Å². The summed E-state index contributed by atoms with van der Waals surface area (Å²) >= 11 is 0. The topological polar surface area (TPSA) is 113 Å². The Balaban J connectivity index is 1.30. The molecular formula is C44H50N2O7S. The van der Waals surface area contributed by atoms with Gasteiger partial charge < -0.3 is 19.5 Å². The quantitative estimate of drug-likeness (QED) is 0.121. The molecule has 284 valence electrons. The summed E-state index contributed by atoms with van der Waals surface area (Å²) in [7, 11) is -2.48. The monoisotopic (exact) mass is 750 g/mol. The number of carboxylic acids is 1. The number of carbonyl (C=O) groups is 2. The molecule has 6 rings (SSSR count). The first kappa shape index (κ1) is 38.9. The molecule has 4 atom stereocenters. The van der Waals surface area contributed by atoms with Crippen molar-refractivity contribution in [2.45, 2.75) is 81.9 Å². The molecule has 10 heteroatoms. The number of ether oxygens (including phenoxy) is 2. The number of rotatable bonds is 15. The van der Waals surface area contributed by atoms with Gasteiger partial charge in [0.1, 0.15) is 5.75 Å². The van der Waals surface area contributed by atoms with Crippen molar-refractivity contribution in [3.8, 4) is 16.9 Å². The fourth-order valence-electron chi connectivity index (χ4n) is 7.66. The van der Waals surface area contributed by atoms with Crippen LogP contribution in [0.15, 0.2) is 114 Å². The number of carbonyl (C=O) groups excluding carboxylic acids is 1. The first-order valence-corrected chi connectivity index (χ1v) is 20.2. The third-order valence-corrected chi connectivity index (χ3v) is 12.4. The van der Waals surface area contributed by atoms with Gasteiger partial charge in [0.05, 0.1) is 17.1 Å². The Kier molecular flexibility index (Phi) is 12.4. The fraction of sp³-hybridized carbons (Fsp3) is 0.364. The predicted molar refractivity (Wildman–Crippen MR) is 211 cm³/mol. The molecule has 0 unspecified atom stereocenters. The number of hydrogen-bond acceptors (Lipinski definition) is 6. The van der Waals surface area contributed by atoms with Gasteiger partial charge in [0.15, 0.2) is 6.61 Å². The minimum Gasteiger partial charge on any atom is -0.482 e. The first-order chi connectivity index (χ1) is 26.0. The van der Waals surface area contributed by atoms with E-state index in [-0.39, 0.29) is 41.0 Å². The van der Waals surface area contributed by atoms with Crippen LogP contribution in [0.5, 0.6) is 5.75 Å². The number of sulfonamides is 1. The molecule has 1 amide bonds. The van der Waals surface area contributed by atoms with E-state index < -0.39 is 28.7 Å². The van der Waals surface area contributed by atoms with Gasteiger partial charge in [-0.3, -0.25) is 4.79 Å². The summed E-state index contributed by atoms with van der Waals surface area (Å²) in [4.78, 5) is 25.6. The number of unbranched alkanes of at least 4 members (excludes halogenated alkanes) is 1. The van der Waals surface area contributed by atoms with Gasteiger partial charge >= 0.3 is 5.97 Å². The summed E-state index contributed by atoms with van der Waals surface area (Å²) in [5.41, 5.74) is 6.39. The number of benzene rings is 4. The van der Waals surface area contributed by atoms with E-state index in [0.717, 1.165) is 53.6 Å². The van der Waals surface area contributed by atoms with Crippen molar-refractivity contribution in [1.29, 1.82) is 0 Å². The summed E-state index contributed by atoms with van der Waals surface area (Å²) in [6, 6.07) is 30.9. The molecule has 0 bridgehead atoms. The fourth-order valence-corrected chi connectivity index (χ4v) is 8.85. The zero-order chi connectivity index (χ0) is 38.4. The molecule has 2 fully saturated rings. The van der Waals surface area contributed by atoms with E-state index >= 15 is 0 Å². The highest BCUT2D eigenvalue weighted by molar-refractivity contribution is 7.89. The highest BCUT2D eigenvalue weighted by atomic mass is 32.2. The van der Waals surface area contributed by atoms with Crippen LogP contribution in [0.1, 0.15) is 81.1 Å². The molecule has 0 spiro atoms. The lowest BCUT2D eigenvalue weighted by atomic mass is 9.74. The summed E-state index contributed by atoms with van der Waals surface area (Å²) in [5, 5.41) is 9.50. The molecule has 9 nitrogen and oxygen atoms in total. The number of carboxylic acid groups (broad SMARTS) is 1. The predicted octanol–water partition coefficient (Wildman–Crippen LogP) is 8.76. The van der Waals surface area contributed by atoms with Crippen LogP contribution < -0.4 is 9.64 Å². The van der Waals surface area contributed by atoms with Crippen molar-refractivity contribution >= 4 is 27.6 Å². The van der Waals surface area contributed by atoms with Crippen molar-refractivity contribution in [2.75, 3.05) is 25.1 Å². The Morgan fingerprint density at radius 2 is 1.70 bits per heavy atom. The number of nitrogens with zero attached hydrogens (tertiary/aromatic N) is 2. The van der Waals surface area contributed by atoms with Crippen LogP contribution in [0.3, 0.4) is 0 Å². The highest BCUT2D eigenvalue weighted by Crippen LogP contribution is 2.49. The van der Waals surface area contributed by atoms with Crippen LogP contribution >= 0.6 is 0 Å². The van der Waals surface area contributed by atoms with Crippen LogP contribution in [0.4, 0.5) is 5.69 Å². The first-order valence-electron chi connectivity index (χ1n) is 18.8. The molecule has 2 aliphatic heterocycles. The van der Waals surface area contributed by atoms with Crippen LogP contribution in [-0.4, -0.2) is 56.0 Å². The van der Waals surface area contributed by atoms with Crippen molar-refractivity contribution in [2.24, 2.45) is 5.92 Å². The van der Waals surface area contributed by atoms with Gasteiger partial charge in [0.2, 0.25) is 15.9 Å². The Morgan fingerprint density at radius 3 is 2.33 bits per heavy atom. The highest BCUT2D eigenvalue weighted by Gasteiger charge is 2.41. The molecule has 1 N–H and O–H groups in total. The maximum Gasteiger partial charge on any atom is 0.341 e. The Labute approximate surface area is 319 Å². The second-order valence-electron chi connectivity index (χ2n) is 14.5. The van der Waals surface area contributed by atoms with Gasteiger partial charge in [-0.25, -0.2) is 13.2 Å². The van der Waals surface area contributed by atoms with E-state index in [1.165, 1.54) is 29.0 Å². The lowest BCUT2D eigenvalue weighted by molar-refractivity contribution is -0.139. The number of amides is 1. The summed E-state index contributed by atoms with van der Waals surface area (Å²) in [5.74, 6) is -0.920. The molecule has 0 radical (unpaired) electrons. The van der Waals surface area contributed by atoms with Gasteiger partial charge in [-0.05, 0) is 78.8 Å². The van der Waals surface area contributed by atoms with Crippen molar-refractivity contribution in [3.05, 3.63) is 126 Å². The lowest BCUT2D eigenvalue weighted by Gasteiger charge is -2.43. The van der Waals surface area contributed by atoms with Crippen LogP contribution in [0.2, 0.25) is 0 Å². The maximum absolute atomic E-state index is 14.1. The summed E-state index contributed by atoms with van der Waals surface area (Å²) in [6.07, 6.45) is 4.02. The van der Waals surface area contributed by atoms with E-state index in [9.17, 15) is 23.1 Å². The third kappa shape index (κ3) is 8.78. The lowest BCUT2D eigenvalue weighted by Crippen LogP contribution is -2.36. The average Bonchev–Trinajstić information content (AvgIpc) is 3.61. The minimum atomic E-state index is -4.01. The summed E-state index contributed by atoms with van der Waals surface area (Å²) in [6.45, 7) is 8.66. The molecule has 2 saturated heterocycles. The molecule has 0 saturated carbocycles. The van der Waals surface area contributed by atoms with Gasteiger partial charge in [-0.2, -0.15) is 4.31 Å². The van der Waals surface area contributed by atoms with E-state index in [1.54, 1.807) is 11.0 Å². The maximum atomic E-state index is 14.1. The largest absolute Gasteiger partial charge is 0.482 e. The minimum absolute atomic E-state index is 0.0507. The van der Waals surface area contributed by atoms with Crippen LogP contribution in [0, 0.1) is 5.92 Å². The van der Waals surface area contributed by atoms with Crippen LogP contribution in [0.25, 0.3) is 11.1 Å². The zero-order valence-electron chi connectivity index (χ0n) is 31.3. The van der Waals surface area contributed by atoms with Crippen molar-refractivity contribution < 1.29 is 32.6 Å². The zero-order valence-corrected chi connectivity index (χ0v) is 32.1. The molecule has 2 aliphatic rings. The third-order valence-electron chi connectivity index (χ3n) is 10.6. The van der Waals surface area contributed by atoms with E-state index in [1.807, 2.05) is 49.4 Å². The Morgan fingerprint density at radius 1 is 1.00 bits per heavy atom. The molecule has 4 aromatic carbocycles. The van der Waals surface area contributed by atoms with Crippen molar-refractivity contribution in [1.82, 2.24) is 4.31 Å². The normalized spacial score (nSPS) is 20.3. The SMILES string of the molecule is C=C(C)[C@@H]1C[C@@H](c2ccc(-c3ccccc3)cc2)[C@@H](CCCC)O[C@H]1c1cc(S(=O)(=O)N(C)Cc2ccc(N3CCCC3=O)cc2)ccc1OCC(=O)O. The molecule has 0 aromatic heterocycles. The Bertz CT molecular complexity index is 2050. The summed E-state index contributed by atoms with van der Waals surface area (Å²) < 4.78 is 42.4. The molecule has 54 heavy (non-hydrogen) atoms. The van der Waals surface area contributed by atoms with Gasteiger partial charge in [-0.1, -0.05) is 98.6 Å². The number of aliphatic carboxylic acids is 1. The van der Waals surface area contributed by atoms with Gasteiger partial charge in [-0.15, -0.1) is 0 Å². The number of hydrogen-bond donors (Lipinski definition) is 1. The van der Waals surface area contributed by atoms with Crippen molar-refractivity contribution in [3.63, 3.8) is 0 Å². The van der Waals surface area contributed by atoms with Gasteiger partial charge in [0, 0.05) is 49.6 Å². The second kappa shape index (κ2) is 17.1. The molecule has 4 aromatic rings. The average molecular weight is 751 g/mol. The molecular weight excluding hydrogens is 701 g/mol. The number of anilines is 1. The second-order valence-corrected chi connectivity index (χ2v) is 16.5. The van der Waals surface area contributed by atoms with Crippen LogP contribution in [-0.2, 0) is 30.9 Å². The smallest absolute Gasteiger partial charge is 0.341 e.